The molecule has 3 nitrogen and oxygen atoms in total. The molecule has 0 N–H and O–H groups in total. The van der Waals surface area contributed by atoms with Gasteiger partial charge in [0.2, 0.25) is 10.0 Å². The van der Waals surface area contributed by atoms with Crippen LogP contribution >= 0.6 is 0 Å². The Hall–Kier alpha value is -1.79. The van der Waals surface area contributed by atoms with Crippen molar-refractivity contribution in [3.05, 3.63) is 65.2 Å². The molecule has 0 unspecified atom stereocenters. The van der Waals surface area contributed by atoms with Crippen LogP contribution in [0.2, 0.25) is 0 Å². The van der Waals surface area contributed by atoms with E-state index in [4.69, 9.17) is 0 Å². The van der Waals surface area contributed by atoms with E-state index in [-0.39, 0.29) is 12.6 Å². The van der Waals surface area contributed by atoms with Gasteiger partial charge in [0.25, 0.3) is 0 Å². The molecule has 1 aliphatic carbocycles. The van der Waals surface area contributed by atoms with Crippen molar-refractivity contribution in [2.45, 2.75) is 37.2 Å². The summed E-state index contributed by atoms with van der Waals surface area (Å²) in [4.78, 5) is -0.600. The number of hydrogen-bond donors (Lipinski definition) is 0. The second kappa shape index (κ2) is 6.02. The van der Waals surface area contributed by atoms with Crippen LogP contribution in [-0.4, -0.2) is 18.8 Å². The maximum atomic E-state index is 14.0. The lowest BCUT2D eigenvalue weighted by Gasteiger charge is -2.22. The number of sulfonamides is 1. The zero-order chi connectivity index (χ0) is 16.6. The van der Waals surface area contributed by atoms with Gasteiger partial charge in [-0.2, -0.15) is 4.31 Å². The molecule has 0 spiro atoms. The molecule has 2 aromatic rings. The van der Waals surface area contributed by atoms with Crippen molar-refractivity contribution in [1.29, 1.82) is 0 Å². The van der Waals surface area contributed by atoms with Crippen LogP contribution in [0.5, 0.6) is 0 Å². The first-order valence-corrected chi connectivity index (χ1v) is 8.85. The molecule has 2 aromatic carbocycles. The zero-order valence-electron chi connectivity index (χ0n) is 12.7. The van der Waals surface area contributed by atoms with Crippen molar-refractivity contribution < 1.29 is 17.2 Å². The summed E-state index contributed by atoms with van der Waals surface area (Å²) in [6.07, 6.45) is 1.48. The van der Waals surface area contributed by atoms with E-state index in [0.29, 0.717) is 0 Å². The lowest BCUT2D eigenvalue weighted by Crippen LogP contribution is -2.33. The third-order valence-corrected chi connectivity index (χ3v) is 5.79. The maximum absolute atomic E-state index is 14.0. The first kappa shape index (κ1) is 16.1. The SMILES string of the molecule is Cc1cccc(CN(C2CC2)S(=O)(=O)c2cccc(F)c2F)c1. The lowest BCUT2D eigenvalue weighted by atomic mass is 10.1. The van der Waals surface area contributed by atoms with Crippen molar-refractivity contribution in [3.63, 3.8) is 0 Å². The van der Waals surface area contributed by atoms with Gasteiger partial charge in [0, 0.05) is 12.6 Å². The molecule has 0 aliphatic heterocycles. The van der Waals surface area contributed by atoms with Gasteiger partial charge >= 0.3 is 0 Å². The molecule has 0 atom stereocenters. The van der Waals surface area contributed by atoms with Crippen LogP contribution in [-0.2, 0) is 16.6 Å². The normalized spacial score (nSPS) is 15.1. The largest absolute Gasteiger partial charge is 0.246 e. The summed E-state index contributed by atoms with van der Waals surface area (Å²) >= 11 is 0. The summed E-state index contributed by atoms with van der Waals surface area (Å²) in [6.45, 7) is 2.08. The van der Waals surface area contributed by atoms with E-state index in [1.165, 1.54) is 10.4 Å². The van der Waals surface area contributed by atoms with Crippen molar-refractivity contribution in [3.8, 4) is 0 Å². The molecular weight excluding hydrogens is 320 g/mol. The highest BCUT2D eigenvalue weighted by molar-refractivity contribution is 7.89. The van der Waals surface area contributed by atoms with E-state index < -0.39 is 26.6 Å². The standard InChI is InChI=1S/C17H17F2NO2S/c1-12-4-2-5-13(10-12)11-20(14-8-9-14)23(21,22)16-7-3-6-15(18)17(16)19/h2-7,10,14H,8-9,11H2,1H3. The fourth-order valence-corrected chi connectivity index (χ4v) is 4.32. The average molecular weight is 337 g/mol. The van der Waals surface area contributed by atoms with Gasteiger partial charge in [-0.1, -0.05) is 35.9 Å². The van der Waals surface area contributed by atoms with Gasteiger partial charge in [-0.25, -0.2) is 17.2 Å². The smallest absolute Gasteiger partial charge is 0.207 e. The van der Waals surface area contributed by atoms with Crippen molar-refractivity contribution in [2.24, 2.45) is 0 Å². The van der Waals surface area contributed by atoms with Crippen LogP contribution < -0.4 is 0 Å². The Morgan fingerprint density at radius 2 is 1.83 bits per heavy atom. The summed E-state index contributed by atoms with van der Waals surface area (Å²) in [5, 5.41) is 0. The third-order valence-electron chi connectivity index (χ3n) is 3.88. The predicted molar refractivity (Wildman–Crippen MR) is 83.3 cm³/mol. The van der Waals surface area contributed by atoms with Gasteiger partial charge in [0.1, 0.15) is 4.90 Å². The Balaban J connectivity index is 1.99. The number of aryl methyl sites for hydroxylation is 1. The number of halogens is 2. The average Bonchev–Trinajstić information content (AvgIpc) is 3.32. The molecule has 1 saturated carbocycles. The number of benzene rings is 2. The Bertz CT molecular complexity index is 832. The van der Waals surface area contributed by atoms with Gasteiger partial charge in [-0.15, -0.1) is 0 Å². The molecule has 122 valence electrons. The summed E-state index contributed by atoms with van der Waals surface area (Å²) in [6, 6.07) is 10.6. The van der Waals surface area contributed by atoms with Crippen molar-refractivity contribution >= 4 is 10.0 Å². The highest BCUT2D eigenvalue weighted by Crippen LogP contribution is 2.34. The van der Waals surface area contributed by atoms with E-state index in [9.17, 15) is 17.2 Å². The number of hydrogen-bond acceptors (Lipinski definition) is 2. The monoisotopic (exact) mass is 337 g/mol. The summed E-state index contributed by atoms with van der Waals surface area (Å²) in [5.41, 5.74) is 1.85. The molecule has 23 heavy (non-hydrogen) atoms. The van der Waals surface area contributed by atoms with E-state index in [1.807, 2.05) is 31.2 Å². The Morgan fingerprint density at radius 3 is 2.48 bits per heavy atom. The first-order valence-electron chi connectivity index (χ1n) is 7.41. The second-order valence-electron chi connectivity index (χ2n) is 5.82. The topological polar surface area (TPSA) is 37.4 Å². The molecule has 0 heterocycles. The van der Waals surface area contributed by atoms with Crippen LogP contribution in [0.1, 0.15) is 24.0 Å². The molecule has 1 aliphatic rings. The van der Waals surface area contributed by atoms with Gasteiger partial charge < -0.3 is 0 Å². The predicted octanol–water partition coefficient (Wildman–Crippen LogP) is 3.63. The summed E-state index contributed by atoms with van der Waals surface area (Å²) < 4.78 is 54.2. The van der Waals surface area contributed by atoms with Gasteiger partial charge in [-0.05, 0) is 37.5 Å². The highest BCUT2D eigenvalue weighted by Gasteiger charge is 2.39. The quantitative estimate of drug-likeness (QED) is 0.835. The van der Waals surface area contributed by atoms with Crippen molar-refractivity contribution in [2.75, 3.05) is 0 Å². The van der Waals surface area contributed by atoms with Crippen LogP contribution in [0.3, 0.4) is 0 Å². The van der Waals surface area contributed by atoms with Crippen LogP contribution in [0.4, 0.5) is 8.78 Å². The Kier molecular flexibility index (Phi) is 4.21. The Morgan fingerprint density at radius 1 is 1.13 bits per heavy atom. The minimum Gasteiger partial charge on any atom is -0.207 e. The molecule has 1 fully saturated rings. The summed E-state index contributed by atoms with van der Waals surface area (Å²) in [5.74, 6) is -2.47. The minimum atomic E-state index is -4.08. The number of rotatable bonds is 5. The highest BCUT2D eigenvalue weighted by atomic mass is 32.2. The van der Waals surface area contributed by atoms with Gasteiger partial charge in [0.05, 0.1) is 0 Å². The van der Waals surface area contributed by atoms with Gasteiger partial charge in [-0.3, -0.25) is 0 Å². The third kappa shape index (κ3) is 3.28. The second-order valence-corrected chi connectivity index (χ2v) is 7.68. The van der Waals surface area contributed by atoms with E-state index in [0.717, 1.165) is 36.1 Å². The van der Waals surface area contributed by atoms with E-state index in [2.05, 4.69) is 0 Å². The Labute approximate surface area is 134 Å². The molecule has 3 rings (SSSR count). The van der Waals surface area contributed by atoms with Gasteiger partial charge in [0.15, 0.2) is 11.6 Å². The molecule has 0 bridgehead atoms. The number of nitrogens with zero attached hydrogens (tertiary/aromatic N) is 1. The molecule has 0 saturated heterocycles. The van der Waals surface area contributed by atoms with Crippen LogP contribution in [0.15, 0.2) is 47.4 Å². The molecule has 0 amide bonds. The van der Waals surface area contributed by atoms with E-state index >= 15 is 0 Å². The zero-order valence-corrected chi connectivity index (χ0v) is 13.5. The lowest BCUT2D eigenvalue weighted by molar-refractivity contribution is 0.392. The molecule has 6 heteroatoms. The molecular formula is C17H17F2NO2S. The fraction of sp³-hybridized carbons (Fsp3) is 0.294. The van der Waals surface area contributed by atoms with Crippen molar-refractivity contribution in [1.82, 2.24) is 4.31 Å². The minimum absolute atomic E-state index is 0.150. The maximum Gasteiger partial charge on any atom is 0.246 e. The van der Waals surface area contributed by atoms with E-state index in [1.54, 1.807) is 0 Å². The van der Waals surface area contributed by atoms with Crippen LogP contribution in [0.25, 0.3) is 0 Å². The molecule has 0 aromatic heterocycles. The fourth-order valence-electron chi connectivity index (χ4n) is 2.57. The van der Waals surface area contributed by atoms with Crippen LogP contribution in [0, 0.1) is 18.6 Å². The first-order chi connectivity index (χ1) is 10.9. The summed E-state index contributed by atoms with van der Waals surface area (Å²) in [7, 11) is -4.08. The molecule has 0 radical (unpaired) electrons.